The minimum atomic E-state index is -4.60. The first-order valence-electron chi connectivity index (χ1n) is 12.2. The number of ether oxygens (including phenoxy) is 1. The van der Waals surface area contributed by atoms with Crippen LogP contribution in [-0.4, -0.2) is 28.4 Å². The lowest BCUT2D eigenvalue weighted by Gasteiger charge is -2.12. The largest absolute Gasteiger partial charge is 0.483 e. The van der Waals surface area contributed by atoms with Gasteiger partial charge in [-0.1, -0.05) is 36.4 Å². The molecule has 7 nitrogen and oxygen atoms in total. The molecule has 0 fully saturated rings. The number of amides is 1. The molecule has 0 aliphatic heterocycles. The third-order valence-corrected chi connectivity index (χ3v) is 5.92. The molecule has 5 aromatic rings. The minimum Gasteiger partial charge on any atom is -0.483 e. The van der Waals surface area contributed by atoms with Crippen LogP contribution in [0.4, 0.5) is 23.2 Å². The van der Waals surface area contributed by atoms with Crippen LogP contribution in [0.15, 0.2) is 107 Å². The number of para-hydroxylation sites is 2. The zero-order valence-electron chi connectivity index (χ0n) is 21.1. The summed E-state index contributed by atoms with van der Waals surface area (Å²) in [6, 6.07) is 22.7. The molecule has 5 rings (SSSR count). The number of carbonyl (C=O) groups is 1. The van der Waals surface area contributed by atoms with Gasteiger partial charge in [-0.2, -0.15) is 22.9 Å². The van der Waals surface area contributed by atoms with Crippen molar-refractivity contribution in [1.29, 1.82) is 0 Å². The lowest BCUT2D eigenvalue weighted by molar-refractivity contribution is -0.137. The Labute approximate surface area is 230 Å². The van der Waals surface area contributed by atoms with Crippen molar-refractivity contribution in [2.45, 2.75) is 6.18 Å². The number of nitrogens with one attached hydrogen (secondary N) is 1. The highest BCUT2D eigenvalue weighted by molar-refractivity contribution is 5.92. The van der Waals surface area contributed by atoms with Crippen molar-refractivity contribution in [3.05, 3.63) is 124 Å². The van der Waals surface area contributed by atoms with E-state index in [9.17, 15) is 27.2 Å². The molecule has 0 atom stereocenters. The van der Waals surface area contributed by atoms with Crippen LogP contribution in [-0.2, 0) is 11.0 Å². The fourth-order valence-electron chi connectivity index (χ4n) is 3.96. The van der Waals surface area contributed by atoms with E-state index < -0.39 is 29.0 Å². The Balaban J connectivity index is 1.47. The molecule has 41 heavy (non-hydrogen) atoms. The lowest BCUT2D eigenvalue weighted by atomic mass is 10.1. The standard InChI is InChI=1S/C30H20F4N4O3/c31-22-12-14-23(15-13-22)36-27(39)18-41-26-11-4-1-6-20(26)17-35-38-28(19-7-5-8-21(16-19)30(32,33)34)37-25-10-3-2-9-24(25)29(38)40/h1-17H,18H2,(H,36,39). The summed E-state index contributed by atoms with van der Waals surface area (Å²) in [6.45, 7) is -0.380. The number of nitrogens with zero attached hydrogens (tertiary/aromatic N) is 3. The molecule has 1 amide bonds. The predicted octanol–water partition coefficient (Wildman–Crippen LogP) is 6.12. The number of rotatable bonds is 7. The van der Waals surface area contributed by atoms with Gasteiger partial charge in [0.15, 0.2) is 12.4 Å². The van der Waals surface area contributed by atoms with Gasteiger partial charge < -0.3 is 10.1 Å². The van der Waals surface area contributed by atoms with Crippen LogP contribution in [0.2, 0.25) is 0 Å². The first-order chi connectivity index (χ1) is 19.7. The van der Waals surface area contributed by atoms with Gasteiger partial charge in [0.25, 0.3) is 11.5 Å². The average molecular weight is 561 g/mol. The normalized spacial score (nSPS) is 11.6. The maximum atomic E-state index is 13.4. The molecule has 1 N–H and O–H groups in total. The van der Waals surface area contributed by atoms with Gasteiger partial charge in [0, 0.05) is 16.8 Å². The fourth-order valence-corrected chi connectivity index (χ4v) is 3.96. The molecule has 0 aliphatic carbocycles. The van der Waals surface area contributed by atoms with Gasteiger partial charge >= 0.3 is 6.18 Å². The van der Waals surface area contributed by atoms with Gasteiger partial charge in [-0.15, -0.1) is 0 Å². The van der Waals surface area contributed by atoms with Crippen LogP contribution >= 0.6 is 0 Å². The van der Waals surface area contributed by atoms with E-state index in [1.807, 2.05) is 0 Å². The Morgan fingerprint density at radius 1 is 0.951 bits per heavy atom. The number of carbonyl (C=O) groups excluding carboxylic acids is 1. The van der Waals surface area contributed by atoms with E-state index in [1.165, 1.54) is 42.6 Å². The summed E-state index contributed by atoms with van der Waals surface area (Å²) < 4.78 is 59.9. The zero-order valence-corrected chi connectivity index (χ0v) is 21.1. The molecule has 0 aliphatic rings. The Morgan fingerprint density at radius 2 is 1.68 bits per heavy atom. The van der Waals surface area contributed by atoms with Crippen molar-refractivity contribution in [1.82, 2.24) is 9.66 Å². The van der Waals surface area contributed by atoms with Crippen molar-refractivity contribution in [3.8, 4) is 17.1 Å². The van der Waals surface area contributed by atoms with Crippen molar-refractivity contribution in [3.63, 3.8) is 0 Å². The van der Waals surface area contributed by atoms with E-state index in [1.54, 1.807) is 48.5 Å². The zero-order chi connectivity index (χ0) is 29.0. The molecule has 11 heteroatoms. The molecule has 0 saturated carbocycles. The summed E-state index contributed by atoms with van der Waals surface area (Å²) in [4.78, 5) is 30.2. The second-order valence-electron chi connectivity index (χ2n) is 8.77. The van der Waals surface area contributed by atoms with Crippen molar-refractivity contribution < 1.29 is 27.1 Å². The van der Waals surface area contributed by atoms with Crippen molar-refractivity contribution in [2.75, 3.05) is 11.9 Å². The highest BCUT2D eigenvalue weighted by Gasteiger charge is 2.31. The summed E-state index contributed by atoms with van der Waals surface area (Å²) in [5, 5.41) is 7.09. The Morgan fingerprint density at radius 3 is 2.46 bits per heavy atom. The van der Waals surface area contributed by atoms with E-state index in [-0.39, 0.29) is 29.1 Å². The van der Waals surface area contributed by atoms with Gasteiger partial charge in [-0.3, -0.25) is 9.59 Å². The quantitative estimate of drug-likeness (QED) is 0.192. The van der Waals surface area contributed by atoms with E-state index in [4.69, 9.17) is 4.74 Å². The number of fused-ring (bicyclic) bond motifs is 1. The van der Waals surface area contributed by atoms with E-state index in [0.29, 0.717) is 16.8 Å². The smallest absolute Gasteiger partial charge is 0.416 e. The fraction of sp³-hybridized carbons (Fsp3) is 0.0667. The molecular weight excluding hydrogens is 540 g/mol. The van der Waals surface area contributed by atoms with Crippen LogP contribution in [0.25, 0.3) is 22.3 Å². The van der Waals surface area contributed by atoms with Crippen molar-refractivity contribution in [2.24, 2.45) is 5.10 Å². The third-order valence-electron chi connectivity index (χ3n) is 5.92. The molecule has 206 valence electrons. The minimum absolute atomic E-state index is 0.0434. The molecule has 4 aromatic carbocycles. The number of aromatic nitrogens is 2. The third kappa shape index (κ3) is 6.30. The lowest BCUT2D eigenvalue weighted by Crippen LogP contribution is -2.21. The molecule has 0 spiro atoms. The highest BCUT2D eigenvalue weighted by atomic mass is 19.4. The molecule has 0 radical (unpaired) electrons. The van der Waals surface area contributed by atoms with Crippen LogP contribution < -0.4 is 15.6 Å². The Kier molecular flexibility index (Phi) is 7.59. The second kappa shape index (κ2) is 11.4. The molecule has 0 bridgehead atoms. The van der Waals surface area contributed by atoms with Crippen LogP contribution in [0.3, 0.4) is 0 Å². The van der Waals surface area contributed by atoms with Gasteiger partial charge in [0.2, 0.25) is 0 Å². The van der Waals surface area contributed by atoms with E-state index in [0.717, 1.165) is 16.8 Å². The summed E-state index contributed by atoms with van der Waals surface area (Å²) in [5.74, 6) is -0.768. The first-order valence-corrected chi connectivity index (χ1v) is 12.2. The van der Waals surface area contributed by atoms with Gasteiger partial charge in [0.05, 0.1) is 22.7 Å². The number of hydrogen-bond donors (Lipinski definition) is 1. The molecule has 1 aromatic heterocycles. The molecule has 0 saturated heterocycles. The Hall–Kier alpha value is -5.32. The monoisotopic (exact) mass is 560 g/mol. The maximum Gasteiger partial charge on any atom is 0.416 e. The topological polar surface area (TPSA) is 85.6 Å². The van der Waals surface area contributed by atoms with Gasteiger partial charge in [0.1, 0.15) is 11.6 Å². The van der Waals surface area contributed by atoms with Crippen molar-refractivity contribution >= 4 is 28.7 Å². The summed E-state index contributed by atoms with van der Waals surface area (Å²) in [5.41, 5.74) is -0.367. The highest BCUT2D eigenvalue weighted by Crippen LogP contribution is 2.32. The Bertz CT molecular complexity index is 1820. The van der Waals surface area contributed by atoms with Crippen LogP contribution in [0.1, 0.15) is 11.1 Å². The van der Waals surface area contributed by atoms with Gasteiger partial charge in [-0.05, 0) is 60.7 Å². The predicted molar refractivity (Wildman–Crippen MR) is 146 cm³/mol. The summed E-state index contributed by atoms with van der Waals surface area (Å²) in [6.07, 6.45) is -3.30. The molecule has 1 heterocycles. The molecular formula is C30H20F4N4O3. The second-order valence-corrected chi connectivity index (χ2v) is 8.77. The first kappa shape index (κ1) is 27.3. The number of alkyl halides is 3. The number of halogens is 4. The van der Waals surface area contributed by atoms with E-state index >= 15 is 0 Å². The maximum absolute atomic E-state index is 13.4. The van der Waals surface area contributed by atoms with E-state index in [2.05, 4.69) is 15.4 Å². The van der Waals surface area contributed by atoms with Crippen LogP contribution in [0, 0.1) is 5.82 Å². The summed E-state index contributed by atoms with van der Waals surface area (Å²) >= 11 is 0. The SMILES string of the molecule is O=C(COc1ccccc1C=Nn1c(-c2cccc(C(F)(F)F)c2)nc2ccccc2c1=O)Nc1ccc(F)cc1. The number of anilines is 1. The molecule has 0 unspecified atom stereocenters. The number of hydrogen-bond acceptors (Lipinski definition) is 5. The summed E-state index contributed by atoms with van der Waals surface area (Å²) in [7, 11) is 0. The van der Waals surface area contributed by atoms with Gasteiger partial charge in [-0.25, -0.2) is 9.37 Å². The average Bonchev–Trinajstić information content (AvgIpc) is 2.97. The van der Waals surface area contributed by atoms with Crippen LogP contribution in [0.5, 0.6) is 5.75 Å². The number of benzene rings is 4.